The van der Waals surface area contributed by atoms with Crippen LogP contribution in [0.25, 0.3) is 0 Å². The van der Waals surface area contributed by atoms with Gasteiger partial charge in [-0.3, -0.25) is 9.59 Å². The number of carbonyl (C=O) groups excluding carboxylic acids is 2. The molecular weight excluding hydrogens is 419 g/mol. The molecule has 6 heteroatoms. The first-order valence-corrected chi connectivity index (χ1v) is 11.0. The summed E-state index contributed by atoms with van der Waals surface area (Å²) in [7, 11) is 0. The number of amides is 2. The van der Waals surface area contributed by atoms with Crippen LogP contribution in [0.2, 0.25) is 10.0 Å². The second-order valence-corrected chi connectivity index (χ2v) is 8.78. The molecule has 2 aromatic carbocycles. The highest BCUT2D eigenvalue weighted by Gasteiger charge is 2.29. The summed E-state index contributed by atoms with van der Waals surface area (Å²) in [6, 6.07) is 10.6. The van der Waals surface area contributed by atoms with Crippen LogP contribution in [0.1, 0.15) is 49.4 Å². The van der Waals surface area contributed by atoms with Crippen LogP contribution in [0.15, 0.2) is 36.4 Å². The Morgan fingerprint density at radius 2 is 1.73 bits per heavy atom. The molecule has 0 radical (unpaired) electrons. The molecule has 0 unspecified atom stereocenters. The van der Waals surface area contributed by atoms with E-state index in [1.807, 2.05) is 52.8 Å². The van der Waals surface area contributed by atoms with Crippen molar-refractivity contribution < 1.29 is 9.59 Å². The van der Waals surface area contributed by atoms with Crippen LogP contribution >= 0.6 is 23.2 Å². The Hall–Kier alpha value is -2.04. The van der Waals surface area contributed by atoms with E-state index in [0.717, 1.165) is 16.7 Å². The summed E-state index contributed by atoms with van der Waals surface area (Å²) in [6.45, 7) is 10.0. The molecule has 0 aliphatic rings. The zero-order valence-electron chi connectivity index (χ0n) is 18.3. The van der Waals surface area contributed by atoms with Gasteiger partial charge >= 0.3 is 0 Å². The number of benzene rings is 2. The summed E-state index contributed by atoms with van der Waals surface area (Å²) in [5.74, 6) is -0.277. The van der Waals surface area contributed by atoms with Crippen LogP contribution in [0.3, 0.4) is 0 Å². The van der Waals surface area contributed by atoms with E-state index in [1.54, 1.807) is 23.1 Å². The maximum absolute atomic E-state index is 13.4. The number of halogens is 2. The standard InChI is InChI=1S/C24H30Cl2N2O2/c1-6-22(24(30)27-15(2)3)28(14-19-9-10-20(25)13-21(19)26)23(29)12-18-8-7-16(4)17(5)11-18/h7-11,13,15,22H,6,12,14H2,1-5H3,(H,27,30)/t22-/m1/s1. The fourth-order valence-electron chi connectivity index (χ4n) is 3.32. The minimum atomic E-state index is -0.585. The first-order chi connectivity index (χ1) is 14.1. The van der Waals surface area contributed by atoms with Crippen LogP contribution in [-0.2, 0) is 22.6 Å². The van der Waals surface area contributed by atoms with E-state index >= 15 is 0 Å². The lowest BCUT2D eigenvalue weighted by Crippen LogP contribution is -2.50. The third-order valence-electron chi connectivity index (χ3n) is 5.10. The fraction of sp³-hybridized carbons (Fsp3) is 0.417. The van der Waals surface area contributed by atoms with Crippen molar-refractivity contribution in [3.05, 3.63) is 68.7 Å². The van der Waals surface area contributed by atoms with Crippen LogP contribution in [-0.4, -0.2) is 28.8 Å². The number of hydrogen-bond donors (Lipinski definition) is 1. The number of rotatable bonds is 8. The van der Waals surface area contributed by atoms with Gasteiger partial charge in [0.05, 0.1) is 6.42 Å². The van der Waals surface area contributed by atoms with E-state index in [-0.39, 0.29) is 30.8 Å². The first-order valence-electron chi connectivity index (χ1n) is 10.2. The molecule has 2 rings (SSSR count). The fourth-order valence-corrected chi connectivity index (χ4v) is 3.79. The molecule has 0 bridgehead atoms. The number of nitrogens with one attached hydrogen (secondary N) is 1. The average molecular weight is 449 g/mol. The van der Waals surface area contributed by atoms with Crippen molar-refractivity contribution in [3.63, 3.8) is 0 Å². The minimum absolute atomic E-state index is 0.0117. The molecule has 4 nitrogen and oxygen atoms in total. The van der Waals surface area contributed by atoms with E-state index in [9.17, 15) is 9.59 Å². The zero-order valence-corrected chi connectivity index (χ0v) is 19.8. The third kappa shape index (κ3) is 6.48. The average Bonchev–Trinajstić information content (AvgIpc) is 2.65. The maximum Gasteiger partial charge on any atom is 0.243 e. The maximum atomic E-state index is 13.4. The topological polar surface area (TPSA) is 49.4 Å². The van der Waals surface area contributed by atoms with Crippen molar-refractivity contribution in [2.45, 2.75) is 66.1 Å². The summed E-state index contributed by atoms with van der Waals surface area (Å²) >= 11 is 12.4. The van der Waals surface area contributed by atoms with E-state index in [0.29, 0.717) is 16.5 Å². The monoisotopic (exact) mass is 448 g/mol. The van der Waals surface area contributed by atoms with Crippen molar-refractivity contribution in [2.24, 2.45) is 0 Å². The third-order valence-corrected chi connectivity index (χ3v) is 5.69. The predicted octanol–water partition coefficient (Wildman–Crippen LogP) is 5.48. The van der Waals surface area contributed by atoms with Crippen LogP contribution in [0.5, 0.6) is 0 Å². The van der Waals surface area contributed by atoms with Crippen molar-refractivity contribution in [2.75, 3.05) is 0 Å². The normalized spacial score (nSPS) is 12.0. The lowest BCUT2D eigenvalue weighted by Gasteiger charge is -2.31. The Balaban J connectivity index is 2.35. The molecule has 0 heterocycles. The number of aryl methyl sites for hydroxylation is 2. The van der Waals surface area contributed by atoms with Gasteiger partial charge in [-0.25, -0.2) is 0 Å². The van der Waals surface area contributed by atoms with E-state index in [2.05, 4.69) is 5.32 Å². The SMILES string of the molecule is CC[C@H](C(=O)NC(C)C)N(Cc1ccc(Cl)cc1Cl)C(=O)Cc1ccc(C)c(C)c1. The Morgan fingerprint density at radius 1 is 1.03 bits per heavy atom. The molecular formula is C24H30Cl2N2O2. The molecule has 0 fully saturated rings. The summed E-state index contributed by atoms with van der Waals surface area (Å²) in [6.07, 6.45) is 0.722. The molecule has 0 aliphatic carbocycles. The number of carbonyl (C=O) groups is 2. The first kappa shape index (κ1) is 24.2. The lowest BCUT2D eigenvalue weighted by atomic mass is 10.0. The van der Waals surface area contributed by atoms with Gasteiger partial charge in [0.2, 0.25) is 11.8 Å². The predicted molar refractivity (Wildman–Crippen MR) is 124 cm³/mol. The van der Waals surface area contributed by atoms with Gasteiger partial charge in [-0.1, -0.05) is 54.4 Å². The quantitative estimate of drug-likeness (QED) is 0.580. The molecule has 1 N–H and O–H groups in total. The van der Waals surface area contributed by atoms with Crippen molar-refractivity contribution >= 4 is 35.0 Å². The Morgan fingerprint density at radius 3 is 2.30 bits per heavy atom. The largest absolute Gasteiger partial charge is 0.352 e. The minimum Gasteiger partial charge on any atom is -0.352 e. The van der Waals surface area contributed by atoms with Gasteiger partial charge in [0, 0.05) is 22.6 Å². The molecule has 0 aliphatic heterocycles. The van der Waals surface area contributed by atoms with Crippen LogP contribution in [0, 0.1) is 13.8 Å². The summed E-state index contributed by atoms with van der Waals surface area (Å²) in [5, 5.41) is 3.94. The van der Waals surface area contributed by atoms with Gasteiger partial charge in [-0.15, -0.1) is 0 Å². The highest BCUT2D eigenvalue weighted by molar-refractivity contribution is 6.35. The molecule has 2 aromatic rings. The molecule has 2 amide bonds. The van der Waals surface area contributed by atoms with E-state index in [1.165, 1.54) is 5.56 Å². The van der Waals surface area contributed by atoms with Crippen LogP contribution < -0.4 is 5.32 Å². The molecule has 30 heavy (non-hydrogen) atoms. The smallest absolute Gasteiger partial charge is 0.243 e. The molecule has 0 spiro atoms. The molecule has 0 aromatic heterocycles. The molecule has 0 saturated heterocycles. The summed E-state index contributed by atoms with van der Waals surface area (Å²) < 4.78 is 0. The zero-order chi connectivity index (χ0) is 22.4. The Kier molecular flexibility index (Phi) is 8.75. The van der Waals surface area contributed by atoms with E-state index < -0.39 is 6.04 Å². The van der Waals surface area contributed by atoms with E-state index in [4.69, 9.17) is 23.2 Å². The van der Waals surface area contributed by atoms with Gasteiger partial charge in [-0.2, -0.15) is 0 Å². The van der Waals surface area contributed by atoms with Gasteiger partial charge < -0.3 is 10.2 Å². The Labute approximate surface area is 189 Å². The van der Waals surface area contributed by atoms with Gasteiger partial charge in [-0.05, 0) is 68.5 Å². The summed E-state index contributed by atoms with van der Waals surface area (Å²) in [5.41, 5.74) is 4.00. The second kappa shape index (κ2) is 10.8. The molecule has 1 atom stereocenters. The molecule has 0 saturated carbocycles. The molecule has 162 valence electrons. The highest BCUT2D eigenvalue weighted by Crippen LogP contribution is 2.24. The van der Waals surface area contributed by atoms with Gasteiger partial charge in [0.15, 0.2) is 0 Å². The van der Waals surface area contributed by atoms with Crippen LogP contribution in [0.4, 0.5) is 0 Å². The Bertz CT molecular complexity index is 912. The van der Waals surface area contributed by atoms with Crippen molar-refractivity contribution in [1.82, 2.24) is 10.2 Å². The lowest BCUT2D eigenvalue weighted by molar-refractivity contribution is -0.141. The van der Waals surface area contributed by atoms with Crippen molar-refractivity contribution in [1.29, 1.82) is 0 Å². The summed E-state index contributed by atoms with van der Waals surface area (Å²) in [4.78, 5) is 27.8. The number of hydrogen-bond acceptors (Lipinski definition) is 2. The van der Waals surface area contributed by atoms with Gasteiger partial charge in [0.1, 0.15) is 6.04 Å². The highest BCUT2D eigenvalue weighted by atomic mass is 35.5. The number of nitrogens with zero attached hydrogens (tertiary/aromatic N) is 1. The van der Waals surface area contributed by atoms with Gasteiger partial charge in [0.25, 0.3) is 0 Å². The second-order valence-electron chi connectivity index (χ2n) is 7.94. The van der Waals surface area contributed by atoms with Crippen molar-refractivity contribution in [3.8, 4) is 0 Å².